The molecule has 1 aliphatic heterocycles. The normalized spacial score (nSPS) is 14.1. The largest absolute Gasteiger partial charge is 0.371 e. The van der Waals surface area contributed by atoms with Crippen molar-refractivity contribution in [3.05, 3.63) is 29.8 Å². The highest BCUT2D eigenvalue weighted by Gasteiger charge is 2.35. The molecule has 0 aromatic carbocycles. The van der Waals surface area contributed by atoms with Gasteiger partial charge in [-0.05, 0) is 45.7 Å². The summed E-state index contributed by atoms with van der Waals surface area (Å²) in [7, 11) is 1.69. The molecule has 0 aliphatic carbocycles. The standard InChI is InChI=1S/C16H18FN7.C7H11F2NO.C3H7F/c1-8(2)20-11-5-6-12(21-9(11)3)13-10(17)7-24-14(13)15(19-4)22-16(18)23-24;1-6(11)10-4-2-3-7(8,9)5-10;1-2-3-4/h5-7H,1-4H3,(H3,18,19,22,23);2-5H2,1H3;2-3H2,1H3. The summed E-state index contributed by atoms with van der Waals surface area (Å²) in [6.45, 7) is 8.69. The van der Waals surface area contributed by atoms with Crippen LogP contribution in [0.15, 0.2) is 23.3 Å². The number of nitrogens with one attached hydrogen (secondary N) is 1. The van der Waals surface area contributed by atoms with Crippen LogP contribution in [0.2, 0.25) is 0 Å². The molecule has 0 saturated carbocycles. The number of nitrogen functional groups attached to an aromatic ring is 1. The number of nitrogens with zero attached hydrogens (tertiary/aromatic N) is 6. The van der Waals surface area contributed by atoms with Crippen molar-refractivity contribution in [3.63, 3.8) is 0 Å². The molecule has 9 nitrogen and oxygen atoms in total. The van der Waals surface area contributed by atoms with E-state index in [1.165, 1.54) is 22.5 Å². The second-order valence-electron chi connectivity index (χ2n) is 9.16. The number of aliphatic imine (C=N–C) groups is 1. The lowest BCUT2D eigenvalue weighted by Gasteiger charge is -2.31. The molecule has 3 aromatic rings. The van der Waals surface area contributed by atoms with Crippen LogP contribution in [-0.4, -0.2) is 68.8 Å². The first-order valence-electron chi connectivity index (χ1n) is 12.5. The number of carbonyl (C=O) groups excluding carboxylic acids is 1. The minimum absolute atomic E-state index is 0.0562. The van der Waals surface area contributed by atoms with Crippen LogP contribution in [-0.2, 0) is 4.79 Å². The average Bonchev–Trinajstić information content (AvgIpc) is 3.19. The number of alkyl halides is 3. The third-order valence-corrected chi connectivity index (χ3v) is 5.52. The Hall–Kier alpha value is -3.77. The van der Waals surface area contributed by atoms with E-state index >= 15 is 0 Å². The number of aryl methyl sites for hydroxylation is 1. The molecule has 214 valence electrons. The predicted octanol–water partition coefficient (Wildman–Crippen LogP) is 5.60. The smallest absolute Gasteiger partial charge is 0.265 e. The summed E-state index contributed by atoms with van der Waals surface area (Å²) in [6.07, 6.45) is 2.24. The van der Waals surface area contributed by atoms with Gasteiger partial charge in [-0.1, -0.05) is 6.92 Å². The summed E-state index contributed by atoms with van der Waals surface area (Å²) in [6, 6.07) is 3.56. The van der Waals surface area contributed by atoms with E-state index in [4.69, 9.17) is 5.73 Å². The summed E-state index contributed by atoms with van der Waals surface area (Å²) in [5.41, 5.74) is 9.36. The Kier molecular flexibility index (Phi) is 11.2. The molecular formula is C26H36F4N8O. The zero-order chi connectivity index (χ0) is 29.3. The lowest BCUT2D eigenvalue weighted by Crippen LogP contribution is -2.44. The molecule has 1 saturated heterocycles. The van der Waals surface area contributed by atoms with Crippen LogP contribution in [0.25, 0.3) is 16.8 Å². The molecule has 0 spiro atoms. The average molecular weight is 553 g/mol. The van der Waals surface area contributed by atoms with Gasteiger partial charge in [0.05, 0.1) is 42.1 Å². The molecule has 3 aromatic heterocycles. The third-order valence-electron chi connectivity index (χ3n) is 5.52. The van der Waals surface area contributed by atoms with Gasteiger partial charge in [0, 0.05) is 32.6 Å². The van der Waals surface area contributed by atoms with Crippen molar-refractivity contribution < 1.29 is 22.4 Å². The van der Waals surface area contributed by atoms with E-state index in [0.717, 1.165) is 17.1 Å². The summed E-state index contributed by atoms with van der Waals surface area (Å²) >= 11 is 0. The summed E-state index contributed by atoms with van der Waals surface area (Å²) in [4.78, 5) is 24.9. The molecule has 0 bridgehead atoms. The van der Waals surface area contributed by atoms with Gasteiger partial charge >= 0.3 is 0 Å². The molecule has 3 N–H and O–H groups in total. The highest BCUT2D eigenvalue weighted by atomic mass is 19.3. The van der Waals surface area contributed by atoms with E-state index < -0.39 is 18.3 Å². The Bertz CT molecular complexity index is 1300. The number of pyridine rings is 1. The lowest BCUT2D eigenvalue weighted by atomic mass is 10.1. The van der Waals surface area contributed by atoms with E-state index in [1.54, 1.807) is 20.0 Å². The summed E-state index contributed by atoms with van der Waals surface area (Å²) < 4.78 is 51.9. The number of hydrogen-bond donors (Lipinski definition) is 2. The van der Waals surface area contributed by atoms with Crippen molar-refractivity contribution >= 4 is 34.6 Å². The lowest BCUT2D eigenvalue weighted by molar-refractivity contribution is -0.139. The number of halogens is 4. The Morgan fingerprint density at radius 1 is 1.23 bits per heavy atom. The van der Waals surface area contributed by atoms with Gasteiger partial charge < -0.3 is 16.0 Å². The maximum absolute atomic E-state index is 14.6. The van der Waals surface area contributed by atoms with Crippen LogP contribution in [0, 0.1) is 12.7 Å². The molecular weight excluding hydrogens is 516 g/mol. The predicted molar refractivity (Wildman–Crippen MR) is 146 cm³/mol. The fraction of sp³-hybridized carbons (Fsp3) is 0.500. The van der Waals surface area contributed by atoms with Crippen molar-refractivity contribution in [3.8, 4) is 11.3 Å². The molecule has 0 unspecified atom stereocenters. The summed E-state index contributed by atoms with van der Waals surface area (Å²) in [5.74, 6) is -2.87. The molecule has 1 amide bonds. The molecule has 13 heteroatoms. The first-order valence-corrected chi connectivity index (χ1v) is 12.5. The van der Waals surface area contributed by atoms with Gasteiger partial charge in [-0.25, -0.2) is 17.7 Å². The minimum atomic E-state index is -2.66. The third kappa shape index (κ3) is 8.62. The Labute approximate surface area is 225 Å². The molecule has 0 atom stereocenters. The fourth-order valence-corrected chi connectivity index (χ4v) is 3.77. The second kappa shape index (κ2) is 13.9. The van der Waals surface area contributed by atoms with E-state index in [-0.39, 0.29) is 25.0 Å². The number of carbonyl (C=O) groups is 1. The van der Waals surface area contributed by atoms with Gasteiger partial charge in [0.2, 0.25) is 11.9 Å². The number of nitrogens with two attached hydrogens (primary N) is 1. The van der Waals surface area contributed by atoms with Gasteiger partial charge in [-0.3, -0.25) is 19.2 Å². The number of hydrogen-bond acceptors (Lipinski definition) is 7. The van der Waals surface area contributed by atoms with Gasteiger partial charge in [0.1, 0.15) is 5.52 Å². The van der Waals surface area contributed by atoms with Crippen molar-refractivity contribution in [2.24, 2.45) is 4.99 Å². The SMILES string of the molecule is CC(=O)N1CCCC(F)(F)C1.CCCF.CNc1nc(N)nn2cc(F)c(-c3ccc(N=C(C)C)c(C)n3)c12. The quantitative estimate of drug-likeness (QED) is 0.322. The fourth-order valence-electron chi connectivity index (χ4n) is 3.77. The van der Waals surface area contributed by atoms with Crippen LogP contribution in [0.3, 0.4) is 0 Å². The van der Waals surface area contributed by atoms with E-state index in [1.807, 2.05) is 26.8 Å². The van der Waals surface area contributed by atoms with Crippen molar-refractivity contribution in [2.45, 2.75) is 59.8 Å². The van der Waals surface area contributed by atoms with Crippen LogP contribution in [0.5, 0.6) is 0 Å². The Morgan fingerprint density at radius 3 is 2.38 bits per heavy atom. The first-order chi connectivity index (χ1) is 18.3. The molecule has 4 heterocycles. The van der Waals surface area contributed by atoms with E-state index in [0.29, 0.717) is 42.0 Å². The van der Waals surface area contributed by atoms with Crippen LogP contribution in [0.1, 0.15) is 52.7 Å². The highest BCUT2D eigenvalue weighted by Crippen LogP contribution is 2.33. The minimum Gasteiger partial charge on any atom is -0.371 e. The number of rotatable bonds is 4. The van der Waals surface area contributed by atoms with Crippen molar-refractivity contribution in [1.82, 2.24) is 24.5 Å². The van der Waals surface area contributed by atoms with E-state index in [2.05, 4.69) is 25.4 Å². The van der Waals surface area contributed by atoms with Gasteiger partial charge in [0.25, 0.3) is 5.92 Å². The van der Waals surface area contributed by atoms with Crippen LogP contribution in [0.4, 0.5) is 35.0 Å². The maximum Gasteiger partial charge on any atom is 0.265 e. The molecule has 1 aliphatic rings. The summed E-state index contributed by atoms with van der Waals surface area (Å²) in [5, 5.41) is 6.94. The highest BCUT2D eigenvalue weighted by molar-refractivity contribution is 5.88. The van der Waals surface area contributed by atoms with Crippen LogP contribution >= 0.6 is 0 Å². The Morgan fingerprint density at radius 2 is 1.90 bits per heavy atom. The topological polar surface area (TPSA) is 114 Å². The first kappa shape index (κ1) is 31.4. The second-order valence-corrected chi connectivity index (χ2v) is 9.16. The van der Waals surface area contributed by atoms with Gasteiger partial charge in [-0.15, -0.1) is 5.10 Å². The number of likely N-dealkylation sites (tertiary alicyclic amines) is 1. The van der Waals surface area contributed by atoms with Crippen molar-refractivity contribution in [1.29, 1.82) is 0 Å². The Balaban J connectivity index is 0.000000295. The van der Waals surface area contributed by atoms with Gasteiger partial charge in [0.15, 0.2) is 11.6 Å². The molecule has 0 radical (unpaired) electrons. The number of piperidine rings is 1. The monoisotopic (exact) mass is 552 g/mol. The van der Waals surface area contributed by atoms with E-state index in [9.17, 15) is 22.4 Å². The molecule has 4 rings (SSSR count). The molecule has 1 fully saturated rings. The maximum atomic E-state index is 14.6. The zero-order valence-corrected chi connectivity index (χ0v) is 23.2. The zero-order valence-electron chi connectivity index (χ0n) is 23.2. The number of anilines is 2. The number of amides is 1. The molecule has 39 heavy (non-hydrogen) atoms. The number of aromatic nitrogens is 4. The van der Waals surface area contributed by atoms with Gasteiger partial charge in [-0.2, -0.15) is 4.98 Å². The van der Waals surface area contributed by atoms with Crippen molar-refractivity contribution in [2.75, 3.05) is 37.9 Å². The number of fused-ring (bicyclic) bond motifs is 1. The van der Waals surface area contributed by atoms with Crippen LogP contribution < -0.4 is 11.1 Å².